The van der Waals surface area contributed by atoms with Crippen molar-refractivity contribution in [2.24, 2.45) is 0 Å². The average molecular weight is 201 g/mol. The monoisotopic (exact) mass is 201 g/mol. The first-order valence-electron chi connectivity index (χ1n) is 5.82. The van der Waals surface area contributed by atoms with Gasteiger partial charge in [-0.2, -0.15) is 0 Å². The van der Waals surface area contributed by atoms with Crippen molar-refractivity contribution in [3.8, 4) is 0 Å². The fourth-order valence-electron chi connectivity index (χ4n) is 1.68. The fourth-order valence-corrected chi connectivity index (χ4v) is 1.68. The molecule has 1 saturated carbocycles. The van der Waals surface area contributed by atoms with E-state index >= 15 is 0 Å². The van der Waals surface area contributed by atoms with Crippen molar-refractivity contribution < 1.29 is 0 Å². The van der Waals surface area contributed by atoms with E-state index in [0.717, 1.165) is 19.0 Å². The summed E-state index contributed by atoms with van der Waals surface area (Å²) in [7, 11) is 0. The summed E-state index contributed by atoms with van der Waals surface area (Å²) in [5.74, 6) is 0. The number of benzene rings is 1. The Morgan fingerprint density at radius 3 is 2.73 bits per heavy atom. The van der Waals surface area contributed by atoms with Gasteiger partial charge in [-0.3, -0.25) is 0 Å². The lowest BCUT2D eigenvalue weighted by Crippen LogP contribution is -2.16. The summed E-state index contributed by atoms with van der Waals surface area (Å²) in [6.07, 6.45) is 6.21. The number of nitrogens with one attached hydrogen (secondary N) is 1. The number of hydrogen-bond acceptors (Lipinski definition) is 1. The molecule has 1 nitrogen and oxygen atoms in total. The molecule has 0 atom stereocenters. The molecule has 0 aliphatic heterocycles. The van der Waals surface area contributed by atoms with Gasteiger partial charge in [0.05, 0.1) is 0 Å². The van der Waals surface area contributed by atoms with Crippen LogP contribution in [0.1, 0.15) is 31.7 Å². The van der Waals surface area contributed by atoms with Crippen LogP contribution >= 0.6 is 0 Å². The molecule has 1 fully saturated rings. The maximum absolute atomic E-state index is 3.52. The van der Waals surface area contributed by atoms with E-state index in [0.29, 0.717) is 0 Å². The first-order valence-corrected chi connectivity index (χ1v) is 5.82. The molecule has 0 radical (unpaired) electrons. The Morgan fingerprint density at radius 1 is 1.33 bits per heavy atom. The highest BCUT2D eigenvalue weighted by Gasteiger charge is 2.19. The Balaban J connectivity index is 1.78. The molecule has 0 heterocycles. The molecule has 1 aromatic rings. The predicted octanol–water partition coefficient (Wildman–Crippen LogP) is 3.23. The first kappa shape index (κ1) is 10.4. The van der Waals surface area contributed by atoms with Crippen molar-refractivity contribution in [2.75, 3.05) is 6.54 Å². The van der Waals surface area contributed by atoms with E-state index in [4.69, 9.17) is 0 Å². The SMILES string of the molecule is CC(=CCCNC1CC1)c1ccccc1. The van der Waals surface area contributed by atoms with Gasteiger partial charge in [0, 0.05) is 6.04 Å². The van der Waals surface area contributed by atoms with Gasteiger partial charge in [0.1, 0.15) is 0 Å². The third-order valence-corrected chi connectivity index (χ3v) is 2.83. The average Bonchev–Trinajstić information content (AvgIpc) is 3.09. The second kappa shape index (κ2) is 5.13. The Hall–Kier alpha value is -1.08. The lowest BCUT2D eigenvalue weighted by atomic mass is 10.1. The molecule has 80 valence electrons. The van der Waals surface area contributed by atoms with Crippen LogP contribution in [-0.2, 0) is 0 Å². The second-order valence-electron chi connectivity index (χ2n) is 4.27. The third-order valence-electron chi connectivity index (χ3n) is 2.83. The van der Waals surface area contributed by atoms with Crippen LogP contribution in [0.2, 0.25) is 0 Å². The van der Waals surface area contributed by atoms with Crippen LogP contribution < -0.4 is 5.32 Å². The summed E-state index contributed by atoms with van der Waals surface area (Å²) in [6, 6.07) is 11.4. The van der Waals surface area contributed by atoms with Crippen LogP contribution in [0, 0.1) is 0 Å². The molecule has 0 spiro atoms. The lowest BCUT2D eigenvalue weighted by Gasteiger charge is -2.02. The zero-order valence-corrected chi connectivity index (χ0v) is 9.37. The van der Waals surface area contributed by atoms with Gasteiger partial charge in [0.25, 0.3) is 0 Å². The van der Waals surface area contributed by atoms with Crippen molar-refractivity contribution in [1.29, 1.82) is 0 Å². The molecular formula is C14H19N. The number of allylic oxidation sites excluding steroid dienone is 1. The van der Waals surface area contributed by atoms with E-state index in [-0.39, 0.29) is 0 Å². The van der Waals surface area contributed by atoms with Crippen molar-refractivity contribution in [3.63, 3.8) is 0 Å². The minimum atomic E-state index is 0.829. The van der Waals surface area contributed by atoms with E-state index in [2.05, 4.69) is 48.6 Å². The summed E-state index contributed by atoms with van der Waals surface area (Å²) < 4.78 is 0. The molecule has 1 aromatic carbocycles. The molecule has 1 N–H and O–H groups in total. The maximum atomic E-state index is 3.52. The van der Waals surface area contributed by atoms with Gasteiger partial charge in [0.2, 0.25) is 0 Å². The number of hydrogen-bond donors (Lipinski definition) is 1. The third kappa shape index (κ3) is 3.52. The highest BCUT2D eigenvalue weighted by Crippen LogP contribution is 2.18. The smallest absolute Gasteiger partial charge is 0.00683 e. The van der Waals surface area contributed by atoms with Gasteiger partial charge in [-0.1, -0.05) is 36.4 Å². The van der Waals surface area contributed by atoms with E-state index in [1.54, 1.807) is 0 Å². The van der Waals surface area contributed by atoms with Crippen molar-refractivity contribution in [1.82, 2.24) is 5.32 Å². The fraction of sp³-hybridized carbons (Fsp3) is 0.429. The van der Waals surface area contributed by atoms with Gasteiger partial charge in [-0.05, 0) is 43.9 Å². The maximum Gasteiger partial charge on any atom is 0.00683 e. The highest BCUT2D eigenvalue weighted by atomic mass is 14.9. The summed E-state index contributed by atoms with van der Waals surface area (Å²) in [4.78, 5) is 0. The lowest BCUT2D eigenvalue weighted by molar-refractivity contribution is 0.690. The van der Waals surface area contributed by atoms with Crippen molar-refractivity contribution >= 4 is 5.57 Å². The van der Waals surface area contributed by atoms with Crippen LogP contribution in [0.25, 0.3) is 5.57 Å². The minimum Gasteiger partial charge on any atom is -0.314 e. The quantitative estimate of drug-likeness (QED) is 0.721. The molecule has 0 bridgehead atoms. The summed E-state index contributed by atoms with van der Waals surface area (Å²) >= 11 is 0. The van der Waals surface area contributed by atoms with Crippen LogP contribution in [-0.4, -0.2) is 12.6 Å². The Morgan fingerprint density at radius 2 is 2.07 bits per heavy atom. The van der Waals surface area contributed by atoms with Gasteiger partial charge >= 0.3 is 0 Å². The van der Waals surface area contributed by atoms with Gasteiger partial charge in [-0.15, -0.1) is 0 Å². The molecule has 0 unspecified atom stereocenters. The molecule has 0 saturated heterocycles. The van der Waals surface area contributed by atoms with Gasteiger partial charge in [0.15, 0.2) is 0 Å². The molecule has 2 rings (SSSR count). The minimum absolute atomic E-state index is 0.829. The summed E-state index contributed by atoms with van der Waals surface area (Å²) in [5, 5.41) is 3.52. The Bertz CT molecular complexity index is 322. The summed E-state index contributed by atoms with van der Waals surface area (Å²) in [5.41, 5.74) is 2.72. The molecule has 1 aliphatic carbocycles. The zero-order valence-electron chi connectivity index (χ0n) is 9.37. The predicted molar refractivity (Wildman–Crippen MR) is 65.7 cm³/mol. The Labute approximate surface area is 92.2 Å². The molecule has 0 aromatic heterocycles. The Kier molecular flexibility index (Phi) is 3.57. The standard InChI is InChI=1S/C14H19N/c1-12(13-7-3-2-4-8-13)6-5-11-15-14-9-10-14/h2-4,6-8,14-15H,5,9-11H2,1H3. The highest BCUT2D eigenvalue weighted by molar-refractivity contribution is 5.63. The summed E-state index contributed by atoms with van der Waals surface area (Å²) in [6.45, 7) is 3.31. The molecule has 0 amide bonds. The van der Waals surface area contributed by atoms with E-state index < -0.39 is 0 Å². The van der Waals surface area contributed by atoms with E-state index in [9.17, 15) is 0 Å². The normalized spacial score (nSPS) is 16.7. The van der Waals surface area contributed by atoms with Crippen molar-refractivity contribution in [3.05, 3.63) is 42.0 Å². The van der Waals surface area contributed by atoms with Crippen LogP contribution in [0.5, 0.6) is 0 Å². The molecule has 15 heavy (non-hydrogen) atoms. The first-order chi connectivity index (χ1) is 7.36. The van der Waals surface area contributed by atoms with Crippen LogP contribution in [0.15, 0.2) is 36.4 Å². The van der Waals surface area contributed by atoms with E-state index in [1.807, 2.05) is 0 Å². The van der Waals surface area contributed by atoms with E-state index in [1.165, 1.54) is 24.0 Å². The second-order valence-corrected chi connectivity index (χ2v) is 4.27. The topological polar surface area (TPSA) is 12.0 Å². The number of rotatable bonds is 5. The molecular weight excluding hydrogens is 182 g/mol. The van der Waals surface area contributed by atoms with Crippen LogP contribution in [0.3, 0.4) is 0 Å². The molecule has 1 heteroatoms. The zero-order chi connectivity index (χ0) is 10.5. The largest absolute Gasteiger partial charge is 0.314 e. The van der Waals surface area contributed by atoms with Crippen molar-refractivity contribution in [2.45, 2.75) is 32.2 Å². The van der Waals surface area contributed by atoms with Gasteiger partial charge < -0.3 is 5.32 Å². The molecule has 1 aliphatic rings. The van der Waals surface area contributed by atoms with Crippen LogP contribution in [0.4, 0.5) is 0 Å². The van der Waals surface area contributed by atoms with Gasteiger partial charge in [-0.25, -0.2) is 0 Å².